The molecule has 1 aliphatic rings. The molecular weight excluding hydrogens is 304 g/mol. The lowest BCUT2D eigenvalue weighted by Gasteiger charge is -2.19. The number of nitrogens with zero attached hydrogens (tertiary/aromatic N) is 1. The lowest BCUT2D eigenvalue weighted by molar-refractivity contribution is -0.156. The molecule has 0 radical (unpaired) electrons. The van der Waals surface area contributed by atoms with Crippen LogP contribution in [0.2, 0.25) is 0 Å². The third-order valence-electron chi connectivity index (χ3n) is 3.15. The maximum atomic E-state index is 12.1. The average molecular weight is 322 g/mol. The second-order valence-electron chi connectivity index (χ2n) is 4.87. The number of carbonyl (C=O) groups excluding carboxylic acids is 3. The molecule has 1 N–H and O–H groups in total. The van der Waals surface area contributed by atoms with Crippen molar-refractivity contribution in [2.75, 3.05) is 13.1 Å². The fourth-order valence-electron chi connectivity index (χ4n) is 1.97. The van der Waals surface area contributed by atoms with E-state index in [1.165, 1.54) is 18.7 Å². The third-order valence-corrected chi connectivity index (χ3v) is 4.24. The summed E-state index contributed by atoms with van der Waals surface area (Å²) in [6.45, 7) is 3.92. The van der Waals surface area contributed by atoms with Crippen LogP contribution in [0.5, 0.6) is 0 Å². The standard InChI is InChI=1S/C15H18N2O4S/c1-10(13(18)17-9-8-16-15(17)20)21-14(19)11(2)22-12-6-4-3-5-7-12/h3-7,10-11H,8-9H2,1-2H3,(H,16,20)/t10-,11-/m0/s1. The molecule has 118 valence electrons. The van der Waals surface area contributed by atoms with Crippen molar-refractivity contribution < 1.29 is 19.1 Å². The molecule has 2 rings (SSSR count). The first-order chi connectivity index (χ1) is 10.5. The van der Waals surface area contributed by atoms with Gasteiger partial charge in [-0.2, -0.15) is 0 Å². The molecule has 22 heavy (non-hydrogen) atoms. The van der Waals surface area contributed by atoms with Crippen LogP contribution in [0.15, 0.2) is 35.2 Å². The number of carbonyl (C=O) groups is 3. The first kappa shape index (κ1) is 16.4. The highest BCUT2D eigenvalue weighted by Crippen LogP contribution is 2.23. The predicted molar refractivity (Wildman–Crippen MR) is 82.4 cm³/mol. The van der Waals surface area contributed by atoms with Crippen LogP contribution < -0.4 is 5.32 Å². The topological polar surface area (TPSA) is 75.7 Å². The Labute approximate surface area is 133 Å². The number of amides is 3. The molecule has 1 aliphatic heterocycles. The predicted octanol–water partition coefficient (Wildman–Crippen LogP) is 1.65. The smallest absolute Gasteiger partial charge is 0.324 e. The summed E-state index contributed by atoms with van der Waals surface area (Å²) in [6, 6.07) is 9.03. The van der Waals surface area contributed by atoms with Crippen LogP contribution in [-0.4, -0.2) is 47.3 Å². The number of urea groups is 1. The zero-order valence-electron chi connectivity index (χ0n) is 12.4. The number of thioether (sulfide) groups is 1. The fraction of sp³-hybridized carbons (Fsp3) is 0.400. The van der Waals surface area contributed by atoms with Crippen LogP contribution in [0, 0.1) is 0 Å². The molecule has 0 aromatic heterocycles. The number of hydrogen-bond donors (Lipinski definition) is 1. The SMILES string of the molecule is C[C@H](OC(=O)[C@H](C)Sc1ccccc1)C(=O)N1CCNC1=O. The average Bonchev–Trinajstić information content (AvgIpc) is 2.93. The zero-order valence-corrected chi connectivity index (χ0v) is 13.3. The fourth-order valence-corrected chi connectivity index (χ4v) is 2.85. The molecule has 2 atom stereocenters. The molecular formula is C15H18N2O4S. The molecule has 1 aromatic rings. The van der Waals surface area contributed by atoms with Crippen molar-refractivity contribution in [2.45, 2.75) is 30.1 Å². The molecule has 1 saturated heterocycles. The van der Waals surface area contributed by atoms with E-state index >= 15 is 0 Å². The van der Waals surface area contributed by atoms with Crippen LogP contribution in [-0.2, 0) is 14.3 Å². The van der Waals surface area contributed by atoms with Crippen LogP contribution in [0.3, 0.4) is 0 Å². The largest absolute Gasteiger partial charge is 0.452 e. The quantitative estimate of drug-likeness (QED) is 0.659. The summed E-state index contributed by atoms with van der Waals surface area (Å²) in [7, 11) is 0. The van der Waals surface area contributed by atoms with Crippen molar-refractivity contribution in [2.24, 2.45) is 0 Å². The molecule has 1 heterocycles. The van der Waals surface area contributed by atoms with Gasteiger partial charge in [0.15, 0.2) is 6.10 Å². The van der Waals surface area contributed by atoms with E-state index in [9.17, 15) is 14.4 Å². The minimum absolute atomic E-state index is 0.299. The van der Waals surface area contributed by atoms with Crippen molar-refractivity contribution in [3.63, 3.8) is 0 Å². The Morgan fingerprint density at radius 2 is 1.95 bits per heavy atom. The second kappa shape index (κ2) is 7.31. The molecule has 1 fully saturated rings. The molecule has 6 nitrogen and oxygen atoms in total. The summed E-state index contributed by atoms with van der Waals surface area (Å²) in [6.07, 6.45) is -0.977. The Bertz CT molecular complexity index is 564. The monoisotopic (exact) mass is 322 g/mol. The number of imide groups is 1. The molecule has 0 spiro atoms. The van der Waals surface area contributed by atoms with Gasteiger partial charge in [0, 0.05) is 18.0 Å². The molecule has 7 heteroatoms. The van der Waals surface area contributed by atoms with Gasteiger partial charge in [-0.15, -0.1) is 11.8 Å². The zero-order chi connectivity index (χ0) is 16.1. The van der Waals surface area contributed by atoms with Gasteiger partial charge in [0.05, 0.1) is 0 Å². The lowest BCUT2D eigenvalue weighted by atomic mass is 10.3. The Balaban J connectivity index is 1.87. The van der Waals surface area contributed by atoms with Gasteiger partial charge in [-0.05, 0) is 26.0 Å². The van der Waals surface area contributed by atoms with E-state index in [0.29, 0.717) is 13.1 Å². The molecule has 0 aliphatic carbocycles. The van der Waals surface area contributed by atoms with Crippen LogP contribution in [0.1, 0.15) is 13.8 Å². The highest BCUT2D eigenvalue weighted by molar-refractivity contribution is 8.00. The number of hydrogen-bond acceptors (Lipinski definition) is 5. The Morgan fingerprint density at radius 3 is 2.55 bits per heavy atom. The highest BCUT2D eigenvalue weighted by Gasteiger charge is 2.32. The van der Waals surface area contributed by atoms with E-state index in [1.54, 1.807) is 6.92 Å². The summed E-state index contributed by atoms with van der Waals surface area (Å²) >= 11 is 1.36. The molecule has 1 aromatic carbocycles. The molecule has 3 amide bonds. The van der Waals surface area contributed by atoms with Crippen molar-refractivity contribution in [3.05, 3.63) is 30.3 Å². The van der Waals surface area contributed by atoms with Gasteiger partial charge in [-0.1, -0.05) is 18.2 Å². The first-order valence-electron chi connectivity index (χ1n) is 7.00. The van der Waals surface area contributed by atoms with Crippen LogP contribution in [0.25, 0.3) is 0 Å². The van der Waals surface area contributed by atoms with Crippen molar-refractivity contribution >= 4 is 29.7 Å². The van der Waals surface area contributed by atoms with Gasteiger partial charge < -0.3 is 10.1 Å². The van der Waals surface area contributed by atoms with E-state index in [1.807, 2.05) is 30.3 Å². The number of nitrogens with one attached hydrogen (secondary N) is 1. The van der Waals surface area contributed by atoms with E-state index in [4.69, 9.17) is 4.74 Å². The summed E-state index contributed by atoms with van der Waals surface area (Å²) in [5.74, 6) is -0.977. The lowest BCUT2D eigenvalue weighted by Crippen LogP contribution is -2.42. The van der Waals surface area contributed by atoms with Crippen molar-refractivity contribution in [3.8, 4) is 0 Å². The van der Waals surface area contributed by atoms with Crippen LogP contribution in [0.4, 0.5) is 4.79 Å². The Kier molecular flexibility index (Phi) is 5.43. The maximum absolute atomic E-state index is 12.1. The minimum Gasteiger partial charge on any atom is -0.452 e. The maximum Gasteiger partial charge on any atom is 0.324 e. The highest BCUT2D eigenvalue weighted by atomic mass is 32.2. The van der Waals surface area contributed by atoms with E-state index in [-0.39, 0.29) is 0 Å². The molecule has 0 saturated carbocycles. The summed E-state index contributed by atoms with van der Waals surface area (Å²) in [5, 5.41) is 2.10. The number of esters is 1. The molecule has 0 unspecified atom stereocenters. The summed E-state index contributed by atoms with van der Waals surface area (Å²) < 4.78 is 5.18. The normalized spacial score (nSPS) is 16.8. The van der Waals surface area contributed by atoms with E-state index in [2.05, 4.69) is 5.32 Å². The first-order valence-corrected chi connectivity index (χ1v) is 7.88. The van der Waals surface area contributed by atoms with E-state index in [0.717, 1.165) is 9.80 Å². The van der Waals surface area contributed by atoms with Crippen molar-refractivity contribution in [1.82, 2.24) is 10.2 Å². The van der Waals surface area contributed by atoms with Gasteiger partial charge >= 0.3 is 12.0 Å². The Morgan fingerprint density at radius 1 is 1.27 bits per heavy atom. The van der Waals surface area contributed by atoms with Gasteiger partial charge in [-0.3, -0.25) is 14.5 Å². The number of ether oxygens (including phenoxy) is 1. The van der Waals surface area contributed by atoms with Gasteiger partial charge in [0.2, 0.25) is 0 Å². The van der Waals surface area contributed by atoms with Gasteiger partial charge in [0.25, 0.3) is 5.91 Å². The van der Waals surface area contributed by atoms with Crippen molar-refractivity contribution in [1.29, 1.82) is 0 Å². The summed E-state index contributed by atoms with van der Waals surface area (Å²) in [5.41, 5.74) is 0. The van der Waals surface area contributed by atoms with Gasteiger partial charge in [-0.25, -0.2) is 4.79 Å². The minimum atomic E-state index is -0.977. The van der Waals surface area contributed by atoms with Gasteiger partial charge in [0.1, 0.15) is 5.25 Å². The molecule has 0 bridgehead atoms. The van der Waals surface area contributed by atoms with E-state index < -0.39 is 29.3 Å². The van der Waals surface area contributed by atoms with Crippen LogP contribution >= 0.6 is 11.8 Å². The second-order valence-corrected chi connectivity index (χ2v) is 6.29. The third kappa shape index (κ3) is 4.00. The summed E-state index contributed by atoms with van der Waals surface area (Å²) in [4.78, 5) is 37.5. The number of benzene rings is 1. The Hall–Kier alpha value is -2.02. The number of rotatable bonds is 5.